The van der Waals surface area contributed by atoms with Crippen molar-refractivity contribution in [2.75, 3.05) is 38.3 Å². The summed E-state index contributed by atoms with van der Waals surface area (Å²) in [6.45, 7) is 1.90. The molecule has 1 fully saturated rings. The van der Waals surface area contributed by atoms with E-state index < -0.39 is 6.10 Å². The van der Waals surface area contributed by atoms with Crippen molar-refractivity contribution < 1.29 is 14.6 Å². The summed E-state index contributed by atoms with van der Waals surface area (Å²) in [5, 5.41) is 18.9. The summed E-state index contributed by atoms with van der Waals surface area (Å²) in [7, 11) is 1.48. The van der Waals surface area contributed by atoms with E-state index in [0.717, 1.165) is 0 Å². The highest BCUT2D eigenvalue weighted by Crippen LogP contribution is 2.26. The fourth-order valence-corrected chi connectivity index (χ4v) is 1.97. The molecule has 2 rings (SSSR count). The number of aliphatic hydroxyl groups excluding tert-OH is 1. The molecule has 1 atom stereocenters. The van der Waals surface area contributed by atoms with Gasteiger partial charge in [0.1, 0.15) is 11.6 Å². The number of anilines is 1. The molecule has 6 nitrogen and oxygen atoms in total. The number of hydrogen-bond donors (Lipinski definition) is 1. The Hall–Kier alpha value is -1.84. The predicted molar refractivity (Wildman–Crippen MR) is 64.5 cm³/mol. The van der Waals surface area contributed by atoms with Crippen LogP contribution in [0, 0.1) is 11.3 Å². The predicted octanol–water partition coefficient (Wildman–Crippen LogP) is 0.159. The fourth-order valence-electron chi connectivity index (χ4n) is 1.97. The van der Waals surface area contributed by atoms with Crippen LogP contribution in [0.3, 0.4) is 0 Å². The molecule has 1 aromatic rings. The topological polar surface area (TPSA) is 78.6 Å². The van der Waals surface area contributed by atoms with Gasteiger partial charge >= 0.3 is 0 Å². The molecule has 0 spiro atoms. The number of rotatable bonds is 2. The molecule has 1 saturated heterocycles. The zero-order chi connectivity index (χ0) is 13.0. The summed E-state index contributed by atoms with van der Waals surface area (Å²) in [4.78, 5) is 5.92. The van der Waals surface area contributed by atoms with Gasteiger partial charge in [0, 0.05) is 19.3 Å². The Balaban J connectivity index is 2.34. The lowest BCUT2D eigenvalue weighted by molar-refractivity contribution is 0.0597. The Kier molecular flexibility index (Phi) is 3.97. The first-order valence-electron chi connectivity index (χ1n) is 5.70. The van der Waals surface area contributed by atoms with E-state index in [4.69, 9.17) is 9.47 Å². The van der Waals surface area contributed by atoms with Crippen LogP contribution in [-0.2, 0) is 4.74 Å². The number of aromatic nitrogens is 1. The number of nitrogens with zero attached hydrogens (tertiary/aromatic N) is 3. The standard InChI is InChI=1S/C12H15N3O3/c1-17-12-10(6-13)11(2-3-14-12)15-4-5-18-8-9(16)7-15/h2-3,9,16H,4-5,7-8H2,1H3. The number of β-amino-alcohol motifs (C(OH)–C–C–N with tert-alkyl or cyclic N) is 1. The highest BCUT2D eigenvalue weighted by atomic mass is 16.5. The molecule has 1 aliphatic rings. The maximum absolute atomic E-state index is 9.71. The van der Waals surface area contributed by atoms with E-state index in [-0.39, 0.29) is 0 Å². The van der Waals surface area contributed by atoms with E-state index in [1.54, 1.807) is 12.3 Å². The second-order valence-corrected chi connectivity index (χ2v) is 4.00. The number of ether oxygens (including phenoxy) is 2. The first-order valence-corrected chi connectivity index (χ1v) is 5.70. The summed E-state index contributed by atoms with van der Waals surface area (Å²) < 4.78 is 10.3. The molecule has 18 heavy (non-hydrogen) atoms. The number of pyridine rings is 1. The molecule has 2 heterocycles. The van der Waals surface area contributed by atoms with Crippen LogP contribution in [-0.4, -0.2) is 49.6 Å². The van der Waals surface area contributed by atoms with E-state index in [9.17, 15) is 10.4 Å². The molecule has 0 bridgehead atoms. The van der Waals surface area contributed by atoms with Crippen molar-refractivity contribution in [1.82, 2.24) is 4.98 Å². The number of hydrogen-bond acceptors (Lipinski definition) is 6. The lowest BCUT2D eigenvalue weighted by atomic mass is 10.2. The minimum atomic E-state index is -0.557. The maximum atomic E-state index is 9.71. The van der Waals surface area contributed by atoms with Crippen molar-refractivity contribution in [3.63, 3.8) is 0 Å². The molecule has 0 aliphatic carbocycles. The Morgan fingerprint density at radius 2 is 2.50 bits per heavy atom. The number of nitriles is 1. The van der Waals surface area contributed by atoms with Crippen molar-refractivity contribution in [2.45, 2.75) is 6.10 Å². The van der Waals surface area contributed by atoms with Crippen LogP contribution in [0.25, 0.3) is 0 Å². The summed E-state index contributed by atoms with van der Waals surface area (Å²) in [5.74, 6) is 0.301. The third-order valence-corrected chi connectivity index (χ3v) is 2.79. The van der Waals surface area contributed by atoms with Gasteiger partial charge in [-0.05, 0) is 6.07 Å². The van der Waals surface area contributed by atoms with Crippen LogP contribution in [0.4, 0.5) is 5.69 Å². The number of aliphatic hydroxyl groups is 1. The average Bonchev–Trinajstić information content (AvgIpc) is 2.62. The third kappa shape index (κ3) is 2.53. The van der Waals surface area contributed by atoms with Crippen molar-refractivity contribution in [3.05, 3.63) is 17.8 Å². The summed E-state index contributed by atoms with van der Waals surface area (Å²) in [5.41, 5.74) is 1.10. The molecule has 0 aromatic carbocycles. The van der Waals surface area contributed by atoms with E-state index in [2.05, 4.69) is 11.1 Å². The zero-order valence-electron chi connectivity index (χ0n) is 10.2. The van der Waals surface area contributed by atoms with Crippen molar-refractivity contribution in [1.29, 1.82) is 5.26 Å². The summed E-state index contributed by atoms with van der Waals surface area (Å²) in [6.07, 6.45) is 1.03. The molecule has 1 N–H and O–H groups in total. The van der Waals surface area contributed by atoms with Crippen LogP contribution >= 0.6 is 0 Å². The lowest BCUT2D eigenvalue weighted by Gasteiger charge is -2.24. The first kappa shape index (κ1) is 12.6. The Labute approximate surface area is 105 Å². The third-order valence-electron chi connectivity index (χ3n) is 2.79. The largest absolute Gasteiger partial charge is 0.480 e. The van der Waals surface area contributed by atoms with Gasteiger partial charge in [-0.15, -0.1) is 0 Å². The quantitative estimate of drug-likeness (QED) is 0.804. The normalized spacial score (nSPS) is 20.1. The molecule has 1 aliphatic heterocycles. The molecular weight excluding hydrogens is 234 g/mol. The van der Waals surface area contributed by atoms with Gasteiger partial charge in [-0.1, -0.05) is 0 Å². The van der Waals surface area contributed by atoms with E-state index in [1.807, 2.05) is 4.90 Å². The van der Waals surface area contributed by atoms with Crippen molar-refractivity contribution >= 4 is 5.69 Å². The van der Waals surface area contributed by atoms with Gasteiger partial charge in [-0.3, -0.25) is 0 Å². The Morgan fingerprint density at radius 3 is 3.22 bits per heavy atom. The second-order valence-electron chi connectivity index (χ2n) is 4.00. The van der Waals surface area contributed by atoms with Crippen LogP contribution in [0.15, 0.2) is 12.3 Å². The molecule has 1 unspecified atom stereocenters. The highest BCUT2D eigenvalue weighted by Gasteiger charge is 2.21. The smallest absolute Gasteiger partial charge is 0.233 e. The van der Waals surface area contributed by atoms with Gasteiger partial charge in [-0.25, -0.2) is 4.98 Å². The van der Waals surface area contributed by atoms with Gasteiger partial charge in [0.05, 0.1) is 32.1 Å². The van der Waals surface area contributed by atoms with Crippen LogP contribution in [0.2, 0.25) is 0 Å². The summed E-state index contributed by atoms with van der Waals surface area (Å²) >= 11 is 0. The first-order chi connectivity index (χ1) is 8.76. The zero-order valence-corrected chi connectivity index (χ0v) is 10.2. The monoisotopic (exact) mass is 249 g/mol. The van der Waals surface area contributed by atoms with E-state index in [1.165, 1.54) is 7.11 Å². The van der Waals surface area contributed by atoms with Crippen LogP contribution in [0.1, 0.15) is 5.56 Å². The van der Waals surface area contributed by atoms with Gasteiger partial charge in [0.25, 0.3) is 0 Å². The Bertz CT molecular complexity index is 458. The molecule has 1 aromatic heterocycles. The lowest BCUT2D eigenvalue weighted by Crippen LogP contribution is -2.33. The molecular formula is C12H15N3O3. The number of methoxy groups -OCH3 is 1. The Morgan fingerprint density at radius 1 is 1.67 bits per heavy atom. The molecule has 0 saturated carbocycles. The minimum absolute atomic E-state index is 0.301. The molecule has 0 amide bonds. The fraction of sp³-hybridized carbons (Fsp3) is 0.500. The van der Waals surface area contributed by atoms with Gasteiger partial charge in [-0.2, -0.15) is 5.26 Å². The SMILES string of the molecule is COc1nccc(N2CCOCC(O)C2)c1C#N. The van der Waals surface area contributed by atoms with Gasteiger partial charge in [0.15, 0.2) is 0 Å². The van der Waals surface area contributed by atoms with Crippen molar-refractivity contribution in [2.24, 2.45) is 0 Å². The van der Waals surface area contributed by atoms with E-state index >= 15 is 0 Å². The van der Waals surface area contributed by atoms with E-state index in [0.29, 0.717) is 43.4 Å². The summed E-state index contributed by atoms with van der Waals surface area (Å²) in [6, 6.07) is 3.85. The van der Waals surface area contributed by atoms with Crippen LogP contribution < -0.4 is 9.64 Å². The minimum Gasteiger partial charge on any atom is -0.480 e. The van der Waals surface area contributed by atoms with Gasteiger partial charge < -0.3 is 19.5 Å². The van der Waals surface area contributed by atoms with Crippen molar-refractivity contribution in [3.8, 4) is 11.9 Å². The molecule has 96 valence electrons. The molecule has 0 radical (unpaired) electrons. The van der Waals surface area contributed by atoms with Gasteiger partial charge in [0.2, 0.25) is 5.88 Å². The second kappa shape index (κ2) is 5.67. The van der Waals surface area contributed by atoms with Crippen LogP contribution in [0.5, 0.6) is 5.88 Å². The molecule has 6 heteroatoms. The average molecular weight is 249 g/mol. The maximum Gasteiger partial charge on any atom is 0.233 e. The highest BCUT2D eigenvalue weighted by molar-refractivity contribution is 5.63.